The molecule has 0 rings (SSSR count). The van der Waals surface area contributed by atoms with E-state index in [0.717, 1.165) is 38.5 Å². The molecule has 0 aromatic carbocycles. The molecule has 5 nitrogen and oxygen atoms in total. The van der Waals surface area contributed by atoms with Crippen LogP contribution >= 0.6 is 0 Å². The van der Waals surface area contributed by atoms with Gasteiger partial charge in [0.15, 0.2) is 0 Å². The van der Waals surface area contributed by atoms with Crippen molar-refractivity contribution in [3.63, 3.8) is 0 Å². The smallest absolute Gasteiger partial charge is 0.222 e. The third kappa shape index (κ3) is 40.1. The zero-order chi connectivity index (χ0) is 38.7. The van der Waals surface area contributed by atoms with Crippen LogP contribution in [0.15, 0.2) is 36.5 Å². The molecule has 0 aliphatic heterocycles. The first-order valence-corrected chi connectivity index (χ1v) is 23.3. The van der Waals surface area contributed by atoms with Crippen LogP contribution in [0.25, 0.3) is 0 Å². The van der Waals surface area contributed by atoms with Crippen LogP contribution in [0.5, 0.6) is 0 Å². The van der Waals surface area contributed by atoms with Crippen molar-refractivity contribution < 1.29 is 20.1 Å². The minimum atomic E-state index is -0.958. The summed E-state index contributed by atoms with van der Waals surface area (Å²) >= 11 is 0. The third-order valence-corrected chi connectivity index (χ3v) is 10.7. The molecule has 3 atom stereocenters. The molecule has 0 radical (unpaired) electrons. The highest BCUT2D eigenvalue weighted by atomic mass is 16.3. The highest BCUT2D eigenvalue weighted by Gasteiger charge is 2.20. The summed E-state index contributed by atoms with van der Waals surface area (Å²) in [6.07, 6.45) is 54.4. The molecule has 1 amide bonds. The van der Waals surface area contributed by atoms with Crippen LogP contribution < -0.4 is 5.32 Å². The monoisotopic (exact) mass is 746 g/mol. The Labute approximate surface area is 330 Å². The van der Waals surface area contributed by atoms with Crippen LogP contribution in [0.3, 0.4) is 0 Å². The van der Waals surface area contributed by atoms with Crippen LogP contribution in [0, 0.1) is 0 Å². The first kappa shape index (κ1) is 51.6. The second kappa shape index (κ2) is 43.3. The molecule has 0 aromatic heterocycles. The summed E-state index contributed by atoms with van der Waals surface area (Å²) in [5.74, 6) is -0.328. The van der Waals surface area contributed by atoms with Gasteiger partial charge in [0.1, 0.15) is 0 Å². The Hall–Kier alpha value is -1.43. The summed E-state index contributed by atoms with van der Waals surface area (Å²) in [6, 6.07) is -0.765. The molecule has 312 valence electrons. The van der Waals surface area contributed by atoms with E-state index in [9.17, 15) is 20.1 Å². The second-order valence-corrected chi connectivity index (χ2v) is 16.0. The lowest BCUT2D eigenvalue weighted by Gasteiger charge is -2.21. The van der Waals surface area contributed by atoms with E-state index < -0.39 is 18.2 Å². The van der Waals surface area contributed by atoms with E-state index in [1.807, 2.05) is 6.08 Å². The van der Waals surface area contributed by atoms with Crippen LogP contribution in [-0.2, 0) is 4.79 Å². The maximum atomic E-state index is 12.4. The van der Waals surface area contributed by atoms with E-state index in [4.69, 9.17) is 0 Å². The SMILES string of the molecule is CCCCCCCCCCCCCCCC/C=C/CC/C=C/CC/C=C/C(O)C(CO)NC(=O)CC(O)CCCCCCCCCCCCCCCC. The number of hydrogen-bond acceptors (Lipinski definition) is 4. The molecule has 4 N–H and O–H groups in total. The highest BCUT2D eigenvalue weighted by Crippen LogP contribution is 2.16. The Balaban J connectivity index is 3.70. The Morgan fingerprint density at radius 3 is 1.21 bits per heavy atom. The van der Waals surface area contributed by atoms with Crippen LogP contribution in [0.4, 0.5) is 0 Å². The fourth-order valence-electron chi connectivity index (χ4n) is 7.08. The van der Waals surface area contributed by atoms with Gasteiger partial charge in [0.2, 0.25) is 5.91 Å². The zero-order valence-electron chi connectivity index (χ0n) is 35.4. The van der Waals surface area contributed by atoms with Crippen molar-refractivity contribution in [2.75, 3.05) is 6.61 Å². The van der Waals surface area contributed by atoms with Crippen molar-refractivity contribution in [3.05, 3.63) is 36.5 Å². The third-order valence-electron chi connectivity index (χ3n) is 10.7. The Morgan fingerprint density at radius 1 is 0.472 bits per heavy atom. The fraction of sp³-hybridized carbons (Fsp3) is 0.854. The first-order valence-electron chi connectivity index (χ1n) is 23.3. The molecule has 0 fully saturated rings. The zero-order valence-corrected chi connectivity index (χ0v) is 35.4. The van der Waals surface area contributed by atoms with Crippen molar-refractivity contribution in [1.29, 1.82) is 0 Å². The van der Waals surface area contributed by atoms with Gasteiger partial charge in [-0.05, 0) is 44.9 Å². The molecular formula is C48H91NO4. The average molecular weight is 746 g/mol. The van der Waals surface area contributed by atoms with Crippen molar-refractivity contribution in [2.24, 2.45) is 0 Å². The van der Waals surface area contributed by atoms with E-state index in [1.165, 1.54) is 173 Å². The number of aliphatic hydroxyl groups is 3. The lowest BCUT2D eigenvalue weighted by atomic mass is 10.0. The van der Waals surface area contributed by atoms with Crippen LogP contribution in [0.1, 0.15) is 239 Å². The molecule has 0 aliphatic rings. The molecule has 0 aliphatic carbocycles. The Morgan fingerprint density at radius 2 is 0.811 bits per heavy atom. The standard InChI is InChI=1S/C48H91NO4/c1-3-5-7-9-11-13-15-17-19-20-21-22-23-24-25-26-27-28-30-32-34-36-38-40-42-47(52)46(44-50)49-48(53)43-45(51)41-39-37-35-33-31-29-18-16-14-12-10-8-6-4-2/h26-27,32,34,40,42,45-47,50-52H,3-25,28-31,33,35-39,41,43-44H2,1-2H3,(H,49,53)/b27-26+,34-32+,42-40+. The van der Waals surface area contributed by atoms with Crippen LogP contribution in [0.2, 0.25) is 0 Å². The predicted molar refractivity (Wildman–Crippen MR) is 231 cm³/mol. The number of carbonyl (C=O) groups is 1. The van der Waals surface area contributed by atoms with Gasteiger partial charge in [-0.1, -0.05) is 224 Å². The van der Waals surface area contributed by atoms with Gasteiger partial charge in [-0.15, -0.1) is 0 Å². The Kier molecular flexibility index (Phi) is 42.1. The van der Waals surface area contributed by atoms with Gasteiger partial charge in [0, 0.05) is 0 Å². The summed E-state index contributed by atoms with van der Waals surface area (Å²) < 4.78 is 0. The topological polar surface area (TPSA) is 89.8 Å². The number of carbonyl (C=O) groups excluding carboxylic acids is 1. The van der Waals surface area contributed by atoms with Gasteiger partial charge in [-0.25, -0.2) is 0 Å². The van der Waals surface area contributed by atoms with E-state index in [0.29, 0.717) is 6.42 Å². The number of allylic oxidation sites excluding steroid dienone is 5. The van der Waals surface area contributed by atoms with Crippen molar-refractivity contribution in [1.82, 2.24) is 5.32 Å². The number of amides is 1. The molecule has 53 heavy (non-hydrogen) atoms. The normalized spacial score (nSPS) is 13.8. The van der Waals surface area contributed by atoms with Gasteiger partial charge in [0.05, 0.1) is 31.3 Å². The highest BCUT2D eigenvalue weighted by molar-refractivity contribution is 5.76. The average Bonchev–Trinajstić information content (AvgIpc) is 3.15. The van der Waals surface area contributed by atoms with Gasteiger partial charge >= 0.3 is 0 Å². The largest absolute Gasteiger partial charge is 0.394 e. The second-order valence-electron chi connectivity index (χ2n) is 16.0. The van der Waals surface area contributed by atoms with Gasteiger partial charge in [0.25, 0.3) is 0 Å². The molecule has 0 saturated carbocycles. The minimum absolute atomic E-state index is 0.00480. The van der Waals surface area contributed by atoms with E-state index in [2.05, 4.69) is 43.5 Å². The molecule has 0 spiro atoms. The number of unbranched alkanes of at least 4 members (excludes halogenated alkanes) is 29. The molecule has 0 heterocycles. The molecule has 5 heteroatoms. The molecule has 0 aromatic rings. The van der Waals surface area contributed by atoms with Crippen molar-refractivity contribution in [3.8, 4) is 0 Å². The molecule has 0 saturated heterocycles. The molecule has 3 unspecified atom stereocenters. The lowest BCUT2D eigenvalue weighted by molar-refractivity contribution is -0.124. The fourth-order valence-corrected chi connectivity index (χ4v) is 7.08. The molecular weight excluding hydrogens is 655 g/mol. The quantitative estimate of drug-likeness (QED) is 0.0370. The minimum Gasteiger partial charge on any atom is -0.394 e. The number of nitrogens with one attached hydrogen (secondary N) is 1. The maximum absolute atomic E-state index is 12.4. The maximum Gasteiger partial charge on any atom is 0.222 e. The molecule has 0 bridgehead atoms. The van der Waals surface area contributed by atoms with E-state index in [-0.39, 0.29) is 18.9 Å². The first-order chi connectivity index (χ1) is 26.0. The number of hydrogen-bond donors (Lipinski definition) is 4. The summed E-state index contributed by atoms with van der Waals surface area (Å²) in [5.41, 5.74) is 0. The van der Waals surface area contributed by atoms with Gasteiger partial charge in [-0.3, -0.25) is 4.79 Å². The van der Waals surface area contributed by atoms with Crippen LogP contribution in [-0.4, -0.2) is 46.1 Å². The summed E-state index contributed by atoms with van der Waals surface area (Å²) in [7, 11) is 0. The van der Waals surface area contributed by atoms with Gasteiger partial charge in [-0.2, -0.15) is 0 Å². The van der Waals surface area contributed by atoms with Crippen molar-refractivity contribution in [2.45, 2.75) is 257 Å². The summed E-state index contributed by atoms with van der Waals surface area (Å²) in [6.45, 7) is 4.21. The van der Waals surface area contributed by atoms with E-state index >= 15 is 0 Å². The number of aliphatic hydroxyl groups excluding tert-OH is 3. The van der Waals surface area contributed by atoms with Gasteiger partial charge < -0.3 is 20.6 Å². The van der Waals surface area contributed by atoms with Crippen molar-refractivity contribution >= 4 is 5.91 Å². The summed E-state index contributed by atoms with van der Waals surface area (Å²) in [4.78, 5) is 12.4. The predicted octanol–water partition coefficient (Wildman–Crippen LogP) is 13.5. The number of rotatable bonds is 42. The summed E-state index contributed by atoms with van der Waals surface area (Å²) in [5, 5.41) is 33.2. The van der Waals surface area contributed by atoms with E-state index in [1.54, 1.807) is 6.08 Å². The Bertz CT molecular complexity index is 824. The lowest BCUT2D eigenvalue weighted by Crippen LogP contribution is -2.45.